The van der Waals surface area contributed by atoms with Gasteiger partial charge in [-0.2, -0.15) is 0 Å². The lowest BCUT2D eigenvalue weighted by Gasteiger charge is -2.09. The highest BCUT2D eigenvalue weighted by molar-refractivity contribution is 5.78. The minimum atomic E-state index is -4.70. The summed E-state index contributed by atoms with van der Waals surface area (Å²) in [4.78, 5) is 15.2. The van der Waals surface area contributed by atoms with Gasteiger partial charge in [0.15, 0.2) is 0 Å². The van der Waals surface area contributed by atoms with Crippen molar-refractivity contribution in [3.05, 3.63) is 48.2 Å². The van der Waals surface area contributed by atoms with Crippen LogP contribution in [0.4, 0.5) is 13.2 Å². The number of benzene rings is 1. The Morgan fingerprint density at radius 3 is 2.29 bits per heavy atom. The fraction of sp³-hybridized carbons (Fsp3) is 0.200. The van der Waals surface area contributed by atoms with E-state index in [1.54, 1.807) is 18.3 Å². The molecule has 2 rings (SSSR count). The van der Waals surface area contributed by atoms with E-state index in [9.17, 15) is 18.0 Å². The summed E-state index contributed by atoms with van der Waals surface area (Å²) in [6, 6.07) is 8.94. The van der Waals surface area contributed by atoms with Crippen LogP contribution in [0.3, 0.4) is 0 Å². The molecular formula is C15H12F3NO2. The SMILES string of the molecule is CC(=O)Cc1ccc(-c2ccc(OC(F)(F)F)cc2)nc1. The number of alkyl halides is 3. The highest BCUT2D eigenvalue weighted by Crippen LogP contribution is 2.25. The van der Waals surface area contributed by atoms with Crippen molar-refractivity contribution < 1.29 is 22.7 Å². The smallest absolute Gasteiger partial charge is 0.406 e. The van der Waals surface area contributed by atoms with Crippen LogP contribution in [-0.2, 0) is 11.2 Å². The van der Waals surface area contributed by atoms with E-state index in [2.05, 4.69) is 9.72 Å². The number of nitrogens with zero attached hydrogens (tertiary/aromatic N) is 1. The Morgan fingerprint density at radius 1 is 1.14 bits per heavy atom. The number of hydrogen-bond donors (Lipinski definition) is 0. The zero-order valence-electron chi connectivity index (χ0n) is 11.1. The Bertz CT molecular complexity index is 619. The van der Waals surface area contributed by atoms with Gasteiger partial charge in [-0.15, -0.1) is 13.2 Å². The summed E-state index contributed by atoms with van der Waals surface area (Å²) in [5.41, 5.74) is 2.07. The molecule has 21 heavy (non-hydrogen) atoms. The zero-order chi connectivity index (χ0) is 15.5. The van der Waals surface area contributed by atoms with E-state index in [1.165, 1.54) is 31.2 Å². The molecule has 0 radical (unpaired) electrons. The molecule has 0 aliphatic heterocycles. The normalized spacial score (nSPS) is 11.2. The van der Waals surface area contributed by atoms with Gasteiger partial charge in [0.1, 0.15) is 11.5 Å². The van der Waals surface area contributed by atoms with Gasteiger partial charge in [0.25, 0.3) is 0 Å². The molecular weight excluding hydrogens is 283 g/mol. The minimum Gasteiger partial charge on any atom is -0.406 e. The van der Waals surface area contributed by atoms with Crippen molar-refractivity contribution in [2.45, 2.75) is 19.7 Å². The van der Waals surface area contributed by atoms with E-state index in [0.29, 0.717) is 17.7 Å². The van der Waals surface area contributed by atoms with Crippen molar-refractivity contribution >= 4 is 5.78 Å². The maximum atomic E-state index is 12.1. The number of carbonyl (C=O) groups is 1. The molecule has 3 nitrogen and oxygen atoms in total. The number of Topliss-reactive ketones (excluding diaryl/α,β-unsaturated/α-hetero) is 1. The molecule has 0 aliphatic carbocycles. The summed E-state index contributed by atoms with van der Waals surface area (Å²) in [5.74, 6) is -0.238. The van der Waals surface area contributed by atoms with Crippen LogP contribution in [0, 0.1) is 0 Å². The first-order chi connectivity index (χ1) is 9.83. The summed E-state index contributed by atoms with van der Waals surface area (Å²) >= 11 is 0. The average Bonchev–Trinajstić information content (AvgIpc) is 2.38. The molecule has 0 spiro atoms. The van der Waals surface area contributed by atoms with Crippen molar-refractivity contribution in [3.63, 3.8) is 0 Å². The van der Waals surface area contributed by atoms with E-state index in [4.69, 9.17) is 0 Å². The van der Waals surface area contributed by atoms with Gasteiger partial charge >= 0.3 is 6.36 Å². The molecule has 110 valence electrons. The predicted octanol–water partition coefficient (Wildman–Crippen LogP) is 3.78. The van der Waals surface area contributed by atoms with Gasteiger partial charge in [0, 0.05) is 18.2 Å². The lowest BCUT2D eigenvalue weighted by molar-refractivity contribution is -0.274. The third-order valence-electron chi connectivity index (χ3n) is 2.66. The summed E-state index contributed by atoms with van der Waals surface area (Å²) < 4.78 is 40.0. The molecule has 0 amide bonds. The van der Waals surface area contributed by atoms with E-state index >= 15 is 0 Å². The molecule has 0 N–H and O–H groups in total. The number of pyridine rings is 1. The first-order valence-electron chi connectivity index (χ1n) is 6.14. The van der Waals surface area contributed by atoms with Crippen LogP contribution in [0.2, 0.25) is 0 Å². The molecule has 1 aromatic heterocycles. The second kappa shape index (κ2) is 5.95. The molecule has 0 aliphatic rings. The molecule has 0 fully saturated rings. The number of ketones is 1. The first kappa shape index (κ1) is 15.0. The Labute approximate surface area is 119 Å². The molecule has 0 atom stereocenters. The predicted molar refractivity (Wildman–Crippen MR) is 70.7 cm³/mol. The Hall–Kier alpha value is -2.37. The minimum absolute atomic E-state index is 0.0400. The largest absolute Gasteiger partial charge is 0.573 e. The molecule has 0 saturated carbocycles. The van der Waals surface area contributed by atoms with Crippen molar-refractivity contribution in [1.82, 2.24) is 4.98 Å². The second-order valence-electron chi connectivity index (χ2n) is 4.50. The number of aromatic nitrogens is 1. The van der Waals surface area contributed by atoms with Gasteiger partial charge < -0.3 is 4.74 Å². The van der Waals surface area contributed by atoms with Gasteiger partial charge in [0.2, 0.25) is 0 Å². The first-order valence-corrected chi connectivity index (χ1v) is 6.14. The van der Waals surface area contributed by atoms with Gasteiger partial charge in [-0.05, 0) is 42.8 Å². The maximum absolute atomic E-state index is 12.1. The molecule has 1 aromatic carbocycles. The maximum Gasteiger partial charge on any atom is 0.573 e. The van der Waals surface area contributed by atoms with Crippen LogP contribution in [0.25, 0.3) is 11.3 Å². The van der Waals surface area contributed by atoms with E-state index in [1.807, 2.05) is 0 Å². The fourth-order valence-electron chi connectivity index (χ4n) is 1.81. The summed E-state index contributed by atoms with van der Waals surface area (Å²) in [6.45, 7) is 1.49. The standard InChI is InChI=1S/C15H12F3NO2/c1-10(20)8-11-2-7-14(19-9-11)12-3-5-13(6-4-12)21-15(16,17)18/h2-7,9H,8H2,1H3. The third kappa shape index (κ3) is 4.59. The van der Waals surface area contributed by atoms with Crippen molar-refractivity contribution in [2.24, 2.45) is 0 Å². The number of carbonyl (C=O) groups excluding carboxylic acids is 1. The highest BCUT2D eigenvalue weighted by Gasteiger charge is 2.30. The van der Waals surface area contributed by atoms with Gasteiger partial charge in [-0.1, -0.05) is 6.07 Å². The van der Waals surface area contributed by atoms with Crippen LogP contribution >= 0.6 is 0 Å². The lowest BCUT2D eigenvalue weighted by Crippen LogP contribution is -2.16. The number of halogens is 3. The van der Waals surface area contributed by atoms with Crippen LogP contribution in [0.15, 0.2) is 42.6 Å². The summed E-state index contributed by atoms with van der Waals surface area (Å²) in [7, 11) is 0. The molecule has 0 bridgehead atoms. The molecule has 1 heterocycles. The third-order valence-corrected chi connectivity index (χ3v) is 2.66. The Balaban J connectivity index is 2.13. The van der Waals surface area contributed by atoms with Gasteiger partial charge in [0.05, 0.1) is 5.69 Å². The van der Waals surface area contributed by atoms with Crippen LogP contribution in [-0.4, -0.2) is 17.1 Å². The quantitative estimate of drug-likeness (QED) is 0.861. The highest BCUT2D eigenvalue weighted by atomic mass is 19.4. The lowest BCUT2D eigenvalue weighted by atomic mass is 10.1. The van der Waals surface area contributed by atoms with Crippen molar-refractivity contribution in [1.29, 1.82) is 0 Å². The second-order valence-corrected chi connectivity index (χ2v) is 4.50. The van der Waals surface area contributed by atoms with Crippen LogP contribution in [0.1, 0.15) is 12.5 Å². The van der Waals surface area contributed by atoms with Gasteiger partial charge in [-0.3, -0.25) is 9.78 Å². The van der Waals surface area contributed by atoms with Crippen LogP contribution in [0.5, 0.6) is 5.75 Å². The van der Waals surface area contributed by atoms with Crippen molar-refractivity contribution in [3.8, 4) is 17.0 Å². The van der Waals surface area contributed by atoms with E-state index in [0.717, 1.165) is 5.56 Å². The van der Waals surface area contributed by atoms with E-state index in [-0.39, 0.29) is 11.5 Å². The molecule has 2 aromatic rings. The Kier molecular flexibility index (Phi) is 4.26. The number of ether oxygens (including phenoxy) is 1. The number of hydrogen-bond acceptors (Lipinski definition) is 3. The monoisotopic (exact) mass is 295 g/mol. The topological polar surface area (TPSA) is 39.2 Å². The van der Waals surface area contributed by atoms with Crippen LogP contribution < -0.4 is 4.74 Å². The molecule has 0 saturated heterocycles. The average molecular weight is 295 g/mol. The molecule has 0 unspecified atom stereocenters. The molecule has 6 heteroatoms. The zero-order valence-corrected chi connectivity index (χ0v) is 11.1. The number of rotatable bonds is 4. The van der Waals surface area contributed by atoms with Gasteiger partial charge in [-0.25, -0.2) is 0 Å². The summed E-state index contributed by atoms with van der Waals surface area (Å²) in [6.07, 6.45) is -2.81. The van der Waals surface area contributed by atoms with E-state index < -0.39 is 6.36 Å². The van der Waals surface area contributed by atoms with Crippen molar-refractivity contribution in [2.75, 3.05) is 0 Å². The summed E-state index contributed by atoms with van der Waals surface area (Å²) in [5, 5.41) is 0. The fourth-order valence-corrected chi connectivity index (χ4v) is 1.81. The Morgan fingerprint density at radius 2 is 1.81 bits per heavy atom.